The van der Waals surface area contributed by atoms with Crippen molar-refractivity contribution in [1.29, 1.82) is 0 Å². The highest BCUT2D eigenvalue weighted by Gasteiger charge is 2.28. The van der Waals surface area contributed by atoms with Crippen molar-refractivity contribution in [3.63, 3.8) is 0 Å². The minimum atomic E-state index is -0.696. The molecule has 1 aromatic heterocycles. The molecule has 0 aliphatic heterocycles. The van der Waals surface area contributed by atoms with Gasteiger partial charge in [0.05, 0.1) is 5.56 Å². The van der Waals surface area contributed by atoms with Crippen molar-refractivity contribution in [1.82, 2.24) is 5.32 Å². The summed E-state index contributed by atoms with van der Waals surface area (Å²) in [7, 11) is 0. The third-order valence-electron chi connectivity index (χ3n) is 4.67. The fraction of sp³-hybridized carbons (Fsp3) is 0.350. The van der Waals surface area contributed by atoms with E-state index in [0.717, 1.165) is 35.5 Å². The van der Waals surface area contributed by atoms with Gasteiger partial charge < -0.3 is 16.4 Å². The van der Waals surface area contributed by atoms with Crippen LogP contribution in [0.4, 0.5) is 5.00 Å². The second-order valence-electron chi connectivity index (χ2n) is 6.59. The van der Waals surface area contributed by atoms with Gasteiger partial charge >= 0.3 is 0 Å². The SMILES string of the molecule is CSCCC(NC(=O)c1ccccc1)C(=O)Nc1sc2c(c1C(N)=O)CCC2. The maximum Gasteiger partial charge on any atom is 0.251 e. The lowest BCUT2D eigenvalue weighted by Crippen LogP contribution is -2.44. The number of nitrogens with one attached hydrogen (secondary N) is 2. The molecular formula is C20H23N3O3S2. The molecule has 1 atom stereocenters. The lowest BCUT2D eigenvalue weighted by molar-refractivity contribution is -0.118. The molecule has 3 amide bonds. The first-order valence-corrected chi connectivity index (χ1v) is 11.3. The average molecular weight is 418 g/mol. The maximum absolute atomic E-state index is 12.9. The van der Waals surface area contributed by atoms with Crippen LogP contribution in [0.25, 0.3) is 0 Å². The molecule has 0 saturated heterocycles. The predicted octanol–water partition coefficient (Wildman–Crippen LogP) is 2.83. The van der Waals surface area contributed by atoms with Gasteiger partial charge in [-0.2, -0.15) is 11.8 Å². The summed E-state index contributed by atoms with van der Waals surface area (Å²) in [5.74, 6) is -0.438. The van der Waals surface area contributed by atoms with E-state index in [4.69, 9.17) is 5.73 Å². The van der Waals surface area contributed by atoms with E-state index < -0.39 is 11.9 Å². The number of thiophene rings is 1. The van der Waals surface area contributed by atoms with Gasteiger partial charge in [0.1, 0.15) is 11.0 Å². The van der Waals surface area contributed by atoms with Crippen LogP contribution < -0.4 is 16.4 Å². The zero-order valence-electron chi connectivity index (χ0n) is 15.6. The van der Waals surface area contributed by atoms with Gasteiger partial charge in [-0.05, 0) is 55.4 Å². The van der Waals surface area contributed by atoms with Crippen LogP contribution in [0, 0.1) is 0 Å². The third kappa shape index (κ3) is 4.56. The molecular weight excluding hydrogens is 394 g/mol. The van der Waals surface area contributed by atoms with Crippen molar-refractivity contribution >= 4 is 45.8 Å². The summed E-state index contributed by atoms with van der Waals surface area (Å²) in [4.78, 5) is 38.4. The van der Waals surface area contributed by atoms with Crippen LogP contribution in [0.15, 0.2) is 30.3 Å². The molecule has 0 bridgehead atoms. The van der Waals surface area contributed by atoms with E-state index in [9.17, 15) is 14.4 Å². The van der Waals surface area contributed by atoms with Gasteiger partial charge in [-0.15, -0.1) is 11.3 Å². The summed E-state index contributed by atoms with van der Waals surface area (Å²) < 4.78 is 0. The fourth-order valence-electron chi connectivity index (χ4n) is 3.29. The van der Waals surface area contributed by atoms with Gasteiger partial charge in [-0.3, -0.25) is 14.4 Å². The first kappa shape index (κ1) is 20.4. The molecule has 28 heavy (non-hydrogen) atoms. The van der Waals surface area contributed by atoms with E-state index in [-0.39, 0.29) is 11.8 Å². The van der Waals surface area contributed by atoms with Gasteiger partial charge in [0.2, 0.25) is 5.91 Å². The van der Waals surface area contributed by atoms with Gasteiger partial charge in [0.25, 0.3) is 11.8 Å². The highest BCUT2D eigenvalue weighted by atomic mass is 32.2. The number of primary amides is 1. The molecule has 8 heteroatoms. The van der Waals surface area contributed by atoms with Crippen LogP contribution in [0.3, 0.4) is 0 Å². The van der Waals surface area contributed by atoms with Crippen molar-refractivity contribution in [3.8, 4) is 0 Å². The number of thioether (sulfide) groups is 1. The van der Waals surface area contributed by atoms with Gasteiger partial charge in [0, 0.05) is 10.4 Å². The first-order chi connectivity index (χ1) is 13.5. The molecule has 6 nitrogen and oxygen atoms in total. The Hall–Kier alpha value is -2.32. The highest BCUT2D eigenvalue weighted by molar-refractivity contribution is 7.98. The standard InChI is InChI=1S/C20H23N3O3S2/c1-27-11-10-14(22-18(25)12-6-3-2-4-7-12)19(26)23-20-16(17(21)24)13-8-5-9-15(13)28-20/h2-4,6-7,14H,5,8-11H2,1H3,(H2,21,24)(H,22,25)(H,23,26). The molecule has 1 heterocycles. The molecule has 1 aromatic carbocycles. The second kappa shape index (κ2) is 9.25. The van der Waals surface area contributed by atoms with E-state index in [2.05, 4.69) is 10.6 Å². The molecule has 1 aliphatic rings. The topological polar surface area (TPSA) is 101 Å². The first-order valence-electron chi connectivity index (χ1n) is 9.11. The Bertz CT molecular complexity index is 880. The fourth-order valence-corrected chi connectivity index (χ4v) is 5.06. The van der Waals surface area contributed by atoms with Crippen molar-refractivity contribution in [2.75, 3.05) is 17.3 Å². The molecule has 0 spiro atoms. The number of nitrogens with two attached hydrogens (primary N) is 1. The largest absolute Gasteiger partial charge is 0.365 e. The van der Waals surface area contributed by atoms with E-state index in [1.807, 2.05) is 12.3 Å². The summed E-state index contributed by atoms with van der Waals surface area (Å²) in [6.45, 7) is 0. The number of hydrogen-bond donors (Lipinski definition) is 3. The molecule has 4 N–H and O–H groups in total. The van der Waals surface area contributed by atoms with E-state index in [0.29, 0.717) is 22.5 Å². The normalized spacial score (nSPS) is 13.6. The molecule has 0 saturated carbocycles. The molecule has 148 valence electrons. The van der Waals surface area contributed by atoms with Crippen LogP contribution in [-0.2, 0) is 17.6 Å². The van der Waals surface area contributed by atoms with Crippen molar-refractivity contribution < 1.29 is 14.4 Å². The Kier molecular flexibility index (Phi) is 6.74. The number of fused-ring (bicyclic) bond motifs is 1. The van der Waals surface area contributed by atoms with Crippen LogP contribution in [0.5, 0.6) is 0 Å². The maximum atomic E-state index is 12.9. The zero-order chi connectivity index (χ0) is 20.1. The summed E-state index contributed by atoms with van der Waals surface area (Å²) in [6.07, 6.45) is 5.14. The number of aryl methyl sites for hydroxylation is 1. The Morgan fingerprint density at radius 1 is 1.21 bits per heavy atom. The number of amides is 3. The van der Waals surface area contributed by atoms with E-state index in [1.165, 1.54) is 11.3 Å². The third-order valence-corrected chi connectivity index (χ3v) is 6.52. The molecule has 0 radical (unpaired) electrons. The number of hydrogen-bond acceptors (Lipinski definition) is 5. The van der Waals surface area contributed by atoms with Crippen molar-refractivity contribution in [3.05, 3.63) is 51.9 Å². The highest BCUT2D eigenvalue weighted by Crippen LogP contribution is 2.38. The number of benzene rings is 1. The summed E-state index contributed by atoms with van der Waals surface area (Å²) in [5, 5.41) is 6.14. The summed E-state index contributed by atoms with van der Waals surface area (Å²) in [5.41, 5.74) is 7.44. The lowest BCUT2D eigenvalue weighted by atomic mass is 10.1. The van der Waals surface area contributed by atoms with Gasteiger partial charge in [-0.25, -0.2) is 0 Å². The Morgan fingerprint density at radius 3 is 2.64 bits per heavy atom. The number of anilines is 1. The quantitative estimate of drug-likeness (QED) is 0.615. The van der Waals surface area contributed by atoms with Crippen LogP contribution in [0.1, 0.15) is 44.0 Å². The zero-order valence-corrected chi connectivity index (χ0v) is 17.3. The second-order valence-corrected chi connectivity index (χ2v) is 8.68. The van der Waals surface area contributed by atoms with Crippen LogP contribution in [-0.4, -0.2) is 35.8 Å². The monoisotopic (exact) mass is 417 g/mol. The van der Waals surface area contributed by atoms with Crippen LogP contribution in [0.2, 0.25) is 0 Å². The van der Waals surface area contributed by atoms with Crippen molar-refractivity contribution in [2.45, 2.75) is 31.7 Å². The lowest BCUT2D eigenvalue weighted by Gasteiger charge is -2.18. The van der Waals surface area contributed by atoms with Crippen LogP contribution >= 0.6 is 23.1 Å². The van der Waals surface area contributed by atoms with Gasteiger partial charge in [0.15, 0.2) is 0 Å². The number of rotatable bonds is 8. The molecule has 1 aliphatic carbocycles. The molecule has 2 aromatic rings. The van der Waals surface area contributed by atoms with Gasteiger partial charge in [-0.1, -0.05) is 18.2 Å². The summed E-state index contributed by atoms with van der Waals surface area (Å²) in [6, 6.07) is 8.09. The summed E-state index contributed by atoms with van der Waals surface area (Å²) >= 11 is 3.01. The average Bonchev–Trinajstić information content (AvgIpc) is 3.25. The molecule has 1 unspecified atom stereocenters. The minimum Gasteiger partial charge on any atom is -0.365 e. The number of carbonyl (C=O) groups excluding carboxylic acids is 3. The molecule has 0 fully saturated rings. The van der Waals surface area contributed by atoms with Crippen molar-refractivity contribution in [2.24, 2.45) is 5.73 Å². The predicted molar refractivity (Wildman–Crippen MR) is 114 cm³/mol. The number of carbonyl (C=O) groups is 3. The minimum absolute atomic E-state index is 0.300. The van der Waals surface area contributed by atoms with E-state index >= 15 is 0 Å². The Morgan fingerprint density at radius 2 is 1.96 bits per heavy atom. The Labute approximate surface area is 172 Å². The van der Waals surface area contributed by atoms with E-state index in [1.54, 1.807) is 36.0 Å². The smallest absolute Gasteiger partial charge is 0.251 e. The Balaban J connectivity index is 1.77. The molecule has 3 rings (SSSR count).